The van der Waals surface area contributed by atoms with Gasteiger partial charge in [-0.3, -0.25) is 9.59 Å². The Hall–Kier alpha value is -3.68. The maximum absolute atomic E-state index is 12.6. The van der Waals surface area contributed by atoms with Gasteiger partial charge in [0.05, 0.1) is 11.7 Å². The van der Waals surface area contributed by atoms with Crippen LogP contribution in [0.1, 0.15) is 28.9 Å². The highest BCUT2D eigenvalue weighted by molar-refractivity contribution is 5.94. The summed E-state index contributed by atoms with van der Waals surface area (Å²) in [7, 11) is 3.32. The van der Waals surface area contributed by atoms with E-state index in [1.54, 1.807) is 49.4 Å². The lowest BCUT2D eigenvalue weighted by Crippen LogP contribution is -2.28. The molecular formula is C21H23N5O3. The second-order valence-corrected chi connectivity index (χ2v) is 6.73. The third-order valence-corrected chi connectivity index (χ3v) is 4.38. The number of carbonyl (C=O) groups is 2. The second kappa shape index (κ2) is 9.01. The van der Waals surface area contributed by atoms with Gasteiger partial charge in [0.2, 0.25) is 0 Å². The molecule has 1 N–H and O–H groups in total. The van der Waals surface area contributed by atoms with Crippen LogP contribution in [0.3, 0.4) is 0 Å². The van der Waals surface area contributed by atoms with E-state index in [-0.39, 0.29) is 24.5 Å². The molecule has 3 rings (SSSR count). The molecule has 2 amide bonds. The molecule has 0 saturated heterocycles. The van der Waals surface area contributed by atoms with Crippen molar-refractivity contribution in [3.05, 3.63) is 72.3 Å². The first-order chi connectivity index (χ1) is 13.9. The Kier molecular flexibility index (Phi) is 6.23. The zero-order valence-corrected chi connectivity index (χ0v) is 16.6. The first kappa shape index (κ1) is 20.1. The van der Waals surface area contributed by atoms with E-state index in [0.717, 1.165) is 11.3 Å². The molecule has 0 spiro atoms. The molecule has 3 aromatic rings. The number of likely N-dealkylation sites (N-methyl/N-ethyl adjacent to an activating group) is 1. The molecular weight excluding hydrogens is 370 g/mol. The smallest absolute Gasteiger partial charge is 0.259 e. The van der Waals surface area contributed by atoms with Crippen LogP contribution in [0, 0.1) is 0 Å². The lowest BCUT2D eigenvalue weighted by molar-refractivity contribution is -0.130. The summed E-state index contributed by atoms with van der Waals surface area (Å²) in [6.07, 6.45) is 3.10. The van der Waals surface area contributed by atoms with Gasteiger partial charge in [0, 0.05) is 19.7 Å². The quantitative estimate of drug-likeness (QED) is 0.665. The fraction of sp³-hybridized carbons (Fsp3) is 0.238. The highest BCUT2D eigenvalue weighted by Gasteiger charge is 2.13. The molecule has 0 aliphatic carbocycles. The Bertz CT molecular complexity index is 968. The number of nitrogens with zero attached hydrogens (tertiary/aromatic N) is 4. The highest BCUT2D eigenvalue weighted by atomic mass is 16.5. The molecule has 150 valence electrons. The zero-order valence-electron chi connectivity index (χ0n) is 16.6. The van der Waals surface area contributed by atoms with Crippen LogP contribution in [-0.2, 0) is 4.79 Å². The standard InChI is InChI=1S/C21H23N5O3/c1-15(16-7-9-18(10-8-16)26-14-22-13-23-26)24-21(28)17-5-4-6-19(11-17)29-12-20(27)25(2)3/h4-11,13-15H,12H2,1-3H3,(H,24,28). The molecule has 0 bridgehead atoms. The van der Waals surface area contributed by atoms with Gasteiger partial charge in [-0.1, -0.05) is 18.2 Å². The normalized spacial score (nSPS) is 11.6. The number of carbonyl (C=O) groups excluding carboxylic acids is 2. The Morgan fingerprint density at radius 1 is 1.17 bits per heavy atom. The molecule has 0 aliphatic rings. The number of ether oxygens (including phenoxy) is 1. The number of hydrogen-bond acceptors (Lipinski definition) is 5. The maximum Gasteiger partial charge on any atom is 0.259 e. The van der Waals surface area contributed by atoms with Crippen molar-refractivity contribution >= 4 is 11.8 Å². The van der Waals surface area contributed by atoms with Gasteiger partial charge in [-0.05, 0) is 42.8 Å². The first-order valence-electron chi connectivity index (χ1n) is 9.13. The molecule has 0 fully saturated rings. The summed E-state index contributed by atoms with van der Waals surface area (Å²) in [4.78, 5) is 29.6. The van der Waals surface area contributed by atoms with Crippen molar-refractivity contribution in [1.29, 1.82) is 0 Å². The topological polar surface area (TPSA) is 89.4 Å². The van der Waals surface area contributed by atoms with E-state index in [0.29, 0.717) is 11.3 Å². The first-order valence-corrected chi connectivity index (χ1v) is 9.13. The van der Waals surface area contributed by atoms with E-state index in [2.05, 4.69) is 15.4 Å². The van der Waals surface area contributed by atoms with Crippen molar-refractivity contribution in [3.63, 3.8) is 0 Å². The van der Waals surface area contributed by atoms with Crippen LogP contribution in [0.4, 0.5) is 0 Å². The SMILES string of the molecule is CC(NC(=O)c1cccc(OCC(=O)N(C)C)c1)c1ccc(-n2cncn2)cc1. The van der Waals surface area contributed by atoms with Gasteiger partial charge in [0.1, 0.15) is 18.4 Å². The van der Waals surface area contributed by atoms with E-state index < -0.39 is 0 Å². The van der Waals surface area contributed by atoms with Crippen molar-refractivity contribution in [2.75, 3.05) is 20.7 Å². The summed E-state index contributed by atoms with van der Waals surface area (Å²) < 4.78 is 7.14. The van der Waals surface area contributed by atoms with Crippen molar-refractivity contribution in [2.24, 2.45) is 0 Å². The van der Waals surface area contributed by atoms with Gasteiger partial charge in [0.15, 0.2) is 6.61 Å². The fourth-order valence-electron chi connectivity index (χ4n) is 2.62. The lowest BCUT2D eigenvalue weighted by atomic mass is 10.1. The van der Waals surface area contributed by atoms with E-state index >= 15 is 0 Å². The van der Waals surface area contributed by atoms with Gasteiger partial charge in [0.25, 0.3) is 11.8 Å². The van der Waals surface area contributed by atoms with Crippen molar-refractivity contribution < 1.29 is 14.3 Å². The molecule has 8 nitrogen and oxygen atoms in total. The summed E-state index contributed by atoms with van der Waals surface area (Å²) in [6.45, 7) is 1.84. The van der Waals surface area contributed by atoms with Crippen LogP contribution in [-0.4, -0.2) is 52.2 Å². The second-order valence-electron chi connectivity index (χ2n) is 6.73. The maximum atomic E-state index is 12.6. The Labute approximate surface area is 169 Å². The molecule has 0 radical (unpaired) electrons. The van der Waals surface area contributed by atoms with Crippen molar-refractivity contribution in [1.82, 2.24) is 25.0 Å². The summed E-state index contributed by atoms with van der Waals surface area (Å²) >= 11 is 0. The van der Waals surface area contributed by atoms with E-state index in [4.69, 9.17) is 4.74 Å². The molecule has 1 unspecified atom stereocenters. The predicted octanol–water partition coefficient (Wildman–Crippen LogP) is 2.23. The molecule has 8 heteroatoms. The minimum absolute atomic E-state index is 0.0768. The number of amides is 2. The van der Waals surface area contributed by atoms with Gasteiger partial charge in [-0.25, -0.2) is 9.67 Å². The molecule has 1 atom stereocenters. The van der Waals surface area contributed by atoms with Crippen LogP contribution in [0.25, 0.3) is 5.69 Å². The van der Waals surface area contributed by atoms with Crippen molar-refractivity contribution in [3.8, 4) is 11.4 Å². The highest BCUT2D eigenvalue weighted by Crippen LogP contribution is 2.18. The number of rotatable bonds is 7. The fourth-order valence-corrected chi connectivity index (χ4v) is 2.62. The van der Waals surface area contributed by atoms with Crippen LogP contribution < -0.4 is 10.1 Å². The lowest BCUT2D eigenvalue weighted by Gasteiger charge is -2.16. The average molecular weight is 393 g/mol. The van der Waals surface area contributed by atoms with E-state index in [1.165, 1.54) is 11.2 Å². The summed E-state index contributed by atoms with van der Waals surface area (Å²) in [6, 6.07) is 14.3. The van der Waals surface area contributed by atoms with E-state index in [1.807, 2.05) is 31.2 Å². The number of aromatic nitrogens is 3. The third-order valence-electron chi connectivity index (χ3n) is 4.38. The molecule has 0 aliphatic heterocycles. The summed E-state index contributed by atoms with van der Waals surface area (Å²) in [5.41, 5.74) is 2.32. The zero-order chi connectivity index (χ0) is 20.8. The predicted molar refractivity (Wildman–Crippen MR) is 108 cm³/mol. The number of nitrogens with one attached hydrogen (secondary N) is 1. The van der Waals surface area contributed by atoms with Gasteiger partial charge in [-0.2, -0.15) is 5.10 Å². The molecule has 2 aromatic carbocycles. The monoisotopic (exact) mass is 393 g/mol. The van der Waals surface area contributed by atoms with Crippen molar-refractivity contribution in [2.45, 2.75) is 13.0 Å². The minimum Gasteiger partial charge on any atom is -0.484 e. The summed E-state index contributed by atoms with van der Waals surface area (Å²) in [5, 5.41) is 7.07. The van der Waals surface area contributed by atoms with Gasteiger partial charge < -0.3 is 15.0 Å². The minimum atomic E-state index is -0.220. The molecule has 1 heterocycles. The molecule has 0 saturated carbocycles. The summed E-state index contributed by atoms with van der Waals surface area (Å²) in [5.74, 6) is 0.0998. The average Bonchev–Trinajstić information content (AvgIpc) is 3.27. The van der Waals surface area contributed by atoms with Crippen LogP contribution in [0.5, 0.6) is 5.75 Å². The molecule has 29 heavy (non-hydrogen) atoms. The van der Waals surface area contributed by atoms with E-state index in [9.17, 15) is 9.59 Å². The molecule has 1 aromatic heterocycles. The van der Waals surface area contributed by atoms with Gasteiger partial charge >= 0.3 is 0 Å². The Morgan fingerprint density at radius 3 is 2.59 bits per heavy atom. The van der Waals surface area contributed by atoms with Crippen LogP contribution >= 0.6 is 0 Å². The third kappa shape index (κ3) is 5.19. The number of benzene rings is 2. The number of hydrogen-bond donors (Lipinski definition) is 1. The van der Waals surface area contributed by atoms with Gasteiger partial charge in [-0.15, -0.1) is 0 Å². The largest absolute Gasteiger partial charge is 0.484 e. The Morgan fingerprint density at radius 2 is 1.93 bits per heavy atom. The van der Waals surface area contributed by atoms with Crippen LogP contribution in [0.2, 0.25) is 0 Å². The van der Waals surface area contributed by atoms with Crippen LogP contribution in [0.15, 0.2) is 61.2 Å². The Balaban J connectivity index is 1.62.